The minimum atomic E-state index is 0.588. The van der Waals surface area contributed by atoms with E-state index in [0.29, 0.717) is 5.84 Å². The third-order valence-corrected chi connectivity index (χ3v) is 0.961. The number of nitrogens with zero attached hydrogens (tertiary/aromatic N) is 2. The van der Waals surface area contributed by atoms with Crippen molar-refractivity contribution in [2.24, 2.45) is 0 Å². The number of fused-ring (bicyclic) bond motifs is 1. The third kappa shape index (κ3) is 0.307. The van der Waals surface area contributed by atoms with Crippen LogP contribution in [-0.4, -0.2) is 9.38 Å². The Labute approximate surface area is 45.6 Å². The molecule has 2 aromatic rings. The molecule has 0 fully saturated rings. The van der Waals surface area contributed by atoms with Gasteiger partial charge in [0.05, 0.1) is 12.4 Å². The van der Waals surface area contributed by atoms with E-state index in [1.54, 1.807) is 23.1 Å². The number of hydrogen-bond acceptors (Lipinski definition) is 2. The van der Waals surface area contributed by atoms with Crippen molar-refractivity contribution in [2.75, 3.05) is 0 Å². The maximum Gasteiger partial charge on any atom is 0.306 e. The van der Waals surface area contributed by atoms with Gasteiger partial charge in [0.2, 0.25) is 0 Å². The molecule has 0 aliphatic rings. The minimum Gasteiger partial charge on any atom is -0.432 e. The topological polar surface area (TPSA) is 30.4 Å². The van der Waals surface area contributed by atoms with Crippen LogP contribution in [0.15, 0.2) is 23.1 Å². The van der Waals surface area contributed by atoms with Gasteiger partial charge in [-0.2, -0.15) is 0 Å². The molecule has 0 atom stereocenters. The zero-order valence-corrected chi connectivity index (χ0v) is 4.03. The van der Waals surface area contributed by atoms with Crippen molar-refractivity contribution in [2.45, 2.75) is 0 Å². The molecule has 8 heavy (non-hydrogen) atoms. The summed E-state index contributed by atoms with van der Waals surface area (Å²) >= 11 is 0. The average Bonchev–Trinajstić information content (AvgIpc) is 2.15. The number of oxazole rings is 1. The molecule has 0 amide bonds. The lowest BCUT2D eigenvalue weighted by Gasteiger charge is -1.68. The summed E-state index contributed by atoms with van der Waals surface area (Å²) in [7, 11) is 0. The summed E-state index contributed by atoms with van der Waals surface area (Å²) in [5.74, 6) is 0.588. The third-order valence-electron chi connectivity index (χ3n) is 0.961. The van der Waals surface area contributed by atoms with Gasteiger partial charge in [-0.15, -0.1) is 0 Å². The Morgan fingerprint density at radius 3 is 3.62 bits per heavy atom. The predicted octanol–water partition coefficient (Wildman–Crippen LogP) is 0.727. The predicted molar refractivity (Wildman–Crippen MR) is 26.3 cm³/mol. The van der Waals surface area contributed by atoms with Crippen LogP contribution in [0, 0.1) is 6.20 Å². The summed E-state index contributed by atoms with van der Waals surface area (Å²) in [5.41, 5.74) is 0. The summed E-state index contributed by atoms with van der Waals surface area (Å²) in [5, 5.41) is 0. The van der Waals surface area contributed by atoms with E-state index in [-0.39, 0.29) is 0 Å². The molecule has 0 aromatic carbocycles. The zero-order chi connectivity index (χ0) is 5.40. The van der Waals surface area contributed by atoms with Crippen LogP contribution in [0.4, 0.5) is 0 Å². The molecule has 0 saturated heterocycles. The minimum absolute atomic E-state index is 0.588. The largest absolute Gasteiger partial charge is 0.432 e. The molecular formula is C5H3N2O. The first kappa shape index (κ1) is 3.72. The van der Waals surface area contributed by atoms with Crippen molar-refractivity contribution in [3.63, 3.8) is 0 Å². The molecule has 0 aliphatic heterocycles. The first-order valence-electron chi connectivity index (χ1n) is 2.25. The number of aromatic nitrogens is 2. The lowest BCUT2D eigenvalue weighted by atomic mass is 10.9. The summed E-state index contributed by atoms with van der Waals surface area (Å²) in [6.07, 6.45) is 7.70. The second kappa shape index (κ2) is 1.12. The van der Waals surface area contributed by atoms with Gasteiger partial charge in [-0.3, -0.25) is 4.40 Å². The fraction of sp³-hybridized carbons (Fsp3) is 0. The second-order valence-electron chi connectivity index (χ2n) is 1.44. The summed E-state index contributed by atoms with van der Waals surface area (Å²) in [4.78, 5) is 3.82. The fourth-order valence-corrected chi connectivity index (χ4v) is 0.610. The van der Waals surface area contributed by atoms with Crippen molar-refractivity contribution in [1.82, 2.24) is 9.38 Å². The molecule has 0 spiro atoms. The SMILES string of the molecule is [c]1cnc2occn12. The van der Waals surface area contributed by atoms with E-state index in [4.69, 9.17) is 4.42 Å². The Hall–Kier alpha value is -1.25. The first-order valence-corrected chi connectivity index (χ1v) is 2.25. The van der Waals surface area contributed by atoms with E-state index < -0.39 is 0 Å². The molecule has 0 unspecified atom stereocenters. The van der Waals surface area contributed by atoms with Crippen molar-refractivity contribution in [3.05, 3.63) is 24.9 Å². The highest BCUT2D eigenvalue weighted by molar-refractivity contribution is 5.20. The van der Waals surface area contributed by atoms with Crippen molar-refractivity contribution in [1.29, 1.82) is 0 Å². The lowest BCUT2D eigenvalue weighted by molar-refractivity contribution is 0.596. The van der Waals surface area contributed by atoms with E-state index in [1.807, 2.05) is 0 Å². The van der Waals surface area contributed by atoms with Crippen molar-refractivity contribution in [3.8, 4) is 0 Å². The molecule has 0 N–H and O–H groups in total. The van der Waals surface area contributed by atoms with Gasteiger partial charge in [-0.05, 0) is 0 Å². The normalized spacial score (nSPS) is 10.5. The van der Waals surface area contributed by atoms with Crippen LogP contribution in [0.2, 0.25) is 0 Å². The van der Waals surface area contributed by atoms with Gasteiger partial charge >= 0.3 is 5.84 Å². The molecule has 39 valence electrons. The monoisotopic (exact) mass is 107 g/mol. The van der Waals surface area contributed by atoms with Crippen LogP contribution in [0.5, 0.6) is 0 Å². The zero-order valence-electron chi connectivity index (χ0n) is 4.03. The Morgan fingerprint density at radius 2 is 2.75 bits per heavy atom. The molecule has 0 saturated carbocycles. The maximum atomic E-state index is 4.88. The van der Waals surface area contributed by atoms with Crippen molar-refractivity contribution < 1.29 is 4.42 Å². The van der Waals surface area contributed by atoms with Gasteiger partial charge in [0.15, 0.2) is 0 Å². The van der Waals surface area contributed by atoms with Gasteiger partial charge < -0.3 is 4.42 Å². The van der Waals surface area contributed by atoms with E-state index in [9.17, 15) is 0 Å². The number of rotatable bonds is 0. The van der Waals surface area contributed by atoms with E-state index in [2.05, 4.69) is 11.2 Å². The van der Waals surface area contributed by atoms with Gasteiger partial charge in [-0.25, -0.2) is 4.98 Å². The smallest absolute Gasteiger partial charge is 0.306 e. The van der Waals surface area contributed by atoms with E-state index in [0.717, 1.165) is 0 Å². The molecule has 2 heterocycles. The van der Waals surface area contributed by atoms with Crippen LogP contribution in [0.1, 0.15) is 0 Å². The Kier molecular flexibility index (Phi) is 0.521. The van der Waals surface area contributed by atoms with Crippen LogP contribution in [0.25, 0.3) is 5.84 Å². The van der Waals surface area contributed by atoms with Gasteiger partial charge in [0, 0.05) is 6.20 Å². The highest BCUT2D eigenvalue weighted by atomic mass is 16.3. The molecule has 2 rings (SSSR count). The molecule has 0 aliphatic carbocycles. The van der Waals surface area contributed by atoms with E-state index in [1.165, 1.54) is 0 Å². The molecule has 0 bridgehead atoms. The standard InChI is InChI=1S/C5H3N2O/c1-2-7-3-4-8-5(7)6-1/h1,3-4H. The van der Waals surface area contributed by atoms with Crippen molar-refractivity contribution >= 4 is 5.84 Å². The molecule has 1 radical (unpaired) electrons. The summed E-state index contributed by atoms with van der Waals surface area (Å²) in [6, 6.07) is 0. The summed E-state index contributed by atoms with van der Waals surface area (Å²) < 4.78 is 6.56. The highest BCUT2D eigenvalue weighted by Crippen LogP contribution is 1.97. The quantitative estimate of drug-likeness (QED) is 0.496. The van der Waals surface area contributed by atoms with E-state index >= 15 is 0 Å². The van der Waals surface area contributed by atoms with Gasteiger partial charge in [0.1, 0.15) is 6.26 Å². The average molecular weight is 107 g/mol. The lowest BCUT2D eigenvalue weighted by Crippen LogP contribution is -1.68. The van der Waals surface area contributed by atoms with Crippen LogP contribution in [0.3, 0.4) is 0 Å². The van der Waals surface area contributed by atoms with Gasteiger partial charge in [-0.1, -0.05) is 0 Å². The molecule has 3 heteroatoms. The molecule has 2 aromatic heterocycles. The number of imidazole rings is 1. The van der Waals surface area contributed by atoms with Gasteiger partial charge in [0.25, 0.3) is 0 Å². The molecular weight excluding hydrogens is 104 g/mol. The Balaban J connectivity index is 3.06. The summed E-state index contributed by atoms with van der Waals surface area (Å²) in [6.45, 7) is 0. The number of hydrogen-bond donors (Lipinski definition) is 0. The fourth-order valence-electron chi connectivity index (χ4n) is 0.610. The van der Waals surface area contributed by atoms with Crippen LogP contribution < -0.4 is 0 Å². The Bertz CT molecular complexity index is 232. The Morgan fingerprint density at radius 1 is 1.75 bits per heavy atom. The first-order chi connectivity index (χ1) is 3.97. The van der Waals surface area contributed by atoms with Crippen LogP contribution >= 0.6 is 0 Å². The molecule has 3 nitrogen and oxygen atoms in total. The van der Waals surface area contributed by atoms with Crippen LogP contribution in [-0.2, 0) is 0 Å². The maximum absolute atomic E-state index is 4.88. The second-order valence-corrected chi connectivity index (χ2v) is 1.44. The highest BCUT2D eigenvalue weighted by Gasteiger charge is 1.91.